The minimum absolute atomic E-state index is 0.0455. The second-order valence-electron chi connectivity index (χ2n) is 5.13. The van der Waals surface area contributed by atoms with Crippen LogP contribution in [-0.4, -0.2) is 28.5 Å². The normalized spacial score (nSPS) is 13.6. The summed E-state index contributed by atoms with van der Waals surface area (Å²) in [4.78, 5) is 26.5. The Kier molecular flexibility index (Phi) is 4.10. The van der Waals surface area contributed by atoms with Crippen molar-refractivity contribution in [2.75, 3.05) is 6.54 Å². The van der Waals surface area contributed by atoms with Gasteiger partial charge in [0.05, 0.1) is 11.4 Å². The number of amides is 2. The molecule has 2 heterocycles. The largest absolute Gasteiger partial charge is 0.333 e. The average molecular weight is 338 g/mol. The van der Waals surface area contributed by atoms with E-state index >= 15 is 0 Å². The third-order valence-corrected chi connectivity index (χ3v) is 4.77. The van der Waals surface area contributed by atoms with Crippen molar-refractivity contribution in [3.63, 3.8) is 0 Å². The monoisotopic (exact) mass is 338 g/mol. The standard InChI is InChI=1S/C15H12F2N2O3S/c16-10-3-9(4-11(17)6-10)15(21)19-2-1-8-5-12(14(20)18-22)23-13(8)7-19/h3-6,22H,1-2,7H2,(H,18,20). The second kappa shape index (κ2) is 6.05. The van der Waals surface area contributed by atoms with Crippen LogP contribution in [0.15, 0.2) is 24.3 Å². The molecule has 23 heavy (non-hydrogen) atoms. The fraction of sp³-hybridized carbons (Fsp3) is 0.200. The molecule has 1 aliphatic rings. The number of carbonyl (C=O) groups is 2. The highest BCUT2D eigenvalue weighted by Gasteiger charge is 2.25. The van der Waals surface area contributed by atoms with E-state index in [1.54, 1.807) is 11.5 Å². The van der Waals surface area contributed by atoms with Crippen LogP contribution in [0.2, 0.25) is 0 Å². The highest BCUT2D eigenvalue weighted by atomic mass is 32.1. The zero-order chi connectivity index (χ0) is 16.6. The Labute approximate surface area is 134 Å². The molecule has 1 aromatic heterocycles. The van der Waals surface area contributed by atoms with Gasteiger partial charge < -0.3 is 4.90 Å². The number of hydrogen-bond donors (Lipinski definition) is 2. The van der Waals surface area contributed by atoms with Gasteiger partial charge in [-0.15, -0.1) is 11.3 Å². The molecule has 2 N–H and O–H groups in total. The Bertz CT molecular complexity index is 771. The quantitative estimate of drug-likeness (QED) is 0.652. The smallest absolute Gasteiger partial charge is 0.284 e. The van der Waals surface area contributed by atoms with Gasteiger partial charge in [-0.25, -0.2) is 14.3 Å². The first kappa shape index (κ1) is 15.6. The summed E-state index contributed by atoms with van der Waals surface area (Å²) in [5, 5.41) is 8.66. The van der Waals surface area contributed by atoms with Crippen LogP contribution in [0, 0.1) is 11.6 Å². The topological polar surface area (TPSA) is 69.6 Å². The molecule has 0 saturated carbocycles. The van der Waals surface area contributed by atoms with E-state index in [1.165, 1.54) is 16.2 Å². The molecule has 1 aliphatic heterocycles. The summed E-state index contributed by atoms with van der Waals surface area (Å²) >= 11 is 1.18. The third kappa shape index (κ3) is 3.08. The zero-order valence-electron chi connectivity index (χ0n) is 11.8. The molecule has 0 bridgehead atoms. The summed E-state index contributed by atoms with van der Waals surface area (Å²) in [5.74, 6) is -2.67. The highest BCUT2D eigenvalue weighted by molar-refractivity contribution is 7.14. The van der Waals surface area contributed by atoms with Crippen LogP contribution >= 0.6 is 11.3 Å². The lowest BCUT2D eigenvalue weighted by atomic mass is 10.1. The number of rotatable bonds is 2. The molecule has 0 radical (unpaired) electrons. The number of thiophene rings is 1. The molecule has 1 aromatic carbocycles. The van der Waals surface area contributed by atoms with Gasteiger partial charge in [-0.2, -0.15) is 0 Å². The first-order chi connectivity index (χ1) is 11.0. The number of carbonyl (C=O) groups excluding carboxylic acids is 2. The van der Waals surface area contributed by atoms with E-state index in [4.69, 9.17) is 5.21 Å². The Hall–Kier alpha value is -2.32. The average Bonchev–Trinajstić information content (AvgIpc) is 2.95. The second-order valence-corrected chi connectivity index (χ2v) is 6.27. The van der Waals surface area contributed by atoms with Crippen LogP contribution in [0.5, 0.6) is 0 Å². The van der Waals surface area contributed by atoms with Gasteiger partial charge in [0.1, 0.15) is 11.6 Å². The summed E-state index contributed by atoms with van der Waals surface area (Å²) in [5.41, 5.74) is 2.46. The van der Waals surface area contributed by atoms with Crippen molar-refractivity contribution >= 4 is 23.2 Å². The van der Waals surface area contributed by atoms with Crippen molar-refractivity contribution in [2.24, 2.45) is 0 Å². The van der Waals surface area contributed by atoms with Crippen molar-refractivity contribution in [1.82, 2.24) is 10.4 Å². The first-order valence-corrected chi connectivity index (χ1v) is 7.61. The summed E-state index contributed by atoms with van der Waals surface area (Å²) in [6.07, 6.45) is 0.536. The van der Waals surface area contributed by atoms with Crippen LogP contribution in [0.25, 0.3) is 0 Å². The lowest BCUT2D eigenvalue weighted by Gasteiger charge is -2.27. The Balaban J connectivity index is 1.82. The number of nitrogens with one attached hydrogen (secondary N) is 1. The number of fused-ring (bicyclic) bond motifs is 1. The van der Waals surface area contributed by atoms with Crippen molar-refractivity contribution < 1.29 is 23.6 Å². The van der Waals surface area contributed by atoms with Gasteiger partial charge in [-0.05, 0) is 30.2 Å². The van der Waals surface area contributed by atoms with E-state index in [0.717, 1.165) is 22.6 Å². The zero-order valence-corrected chi connectivity index (χ0v) is 12.6. The molecule has 5 nitrogen and oxygen atoms in total. The molecule has 3 rings (SSSR count). The number of benzene rings is 1. The van der Waals surface area contributed by atoms with Crippen LogP contribution in [0.3, 0.4) is 0 Å². The van der Waals surface area contributed by atoms with Crippen LogP contribution in [0.1, 0.15) is 30.5 Å². The molecular weight excluding hydrogens is 326 g/mol. The van der Waals surface area contributed by atoms with Gasteiger partial charge in [0.15, 0.2) is 0 Å². The van der Waals surface area contributed by atoms with E-state index in [9.17, 15) is 18.4 Å². The maximum Gasteiger partial charge on any atom is 0.284 e. The predicted molar refractivity (Wildman–Crippen MR) is 78.4 cm³/mol. The predicted octanol–water partition coefficient (Wildman–Crippen LogP) is 2.34. The number of halogens is 2. The van der Waals surface area contributed by atoms with Crippen LogP contribution in [0.4, 0.5) is 8.78 Å². The minimum Gasteiger partial charge on any atom is -0.333 e. The summed E-state index contributed by atoms with van der Waals surface area (Å²) in [7, 11) is 0. The van der Waals surface area contributed by atoms with E-state index < -0.39 is 23.4 Å². The molecule has 2 amide bonds. The third-order valence-electron chi connectivity index (χ3n) is 3.60. The number of hydroxylamine groups is 1. The molecule has 0 spiro atoms. The van der Waals surface area contributed by atoms with Gasteiger partial charge in [-0.3, -0.25) is 14.8 Å². The first-order valence-electron chi connectivity index (χ1n) is 6.79. The molecule has 0 unspecified atom stereocenters. The lowest BCUT2D eigenvalue weighted by molar-refractivity contribution is 0.0709. The van der Waals surface area contributed by atoms with Gasteiger partial charge in [0, 0.05) is 23.1 Å². The molecule has 0 atom stereocenters. The van der Waals surface area contributed by atoms with Gasteiger partial charge >= 0.3 is 0 Å². The van der Waals surface area contributed by atoms with Crippen molar-refractivity contribution in [2.45, 2.75) is 13.0 Å². The van der Waals surface area contributed by atoms with Crippen molar-refractivity contribution in [3.05, 3.63) is 56.8 Å². The summed E-state index contributed by atoms with van der Waals surface area (Å²) in [6, 6.07) is 4.39. The fourth-order valence-corrected chi connectivity index (χ4v) is 3.64. The van der Waals surface area contributed by atoms with E-state index in [2.05, 4.69) is 0 Å². The fourth-order valence-electron chi connectivity index (χ4n) is 2.52. The van der Waals surface area contributed by atoms with Crippen molar-refractivity contribution in [1.29, 1.82) is 0 Å². The van der Waals surface area contributed by atoms with Gasteiger partial charge in [0.25, 0.3) is 11.8 Å². The Morgan fingerprint density at radius 2 is 1.87 bits per heavy atom. The molecule has 8 heteroatoms. The number of hydrogen-bond acceptors (Lipinski definition) is 4. The molecule has 0 saturated heterocycles. The van der Waals surface area contributed by atoms with Crippen LogP contribution < -0.4 is 5.48 Å². The maximum absolute atomic E-state index is 13.2. The van der Waals surface area contributed by atoms with E-state index in [1.807, 2.05) is 0 Å². The molecule has 120 valence electrons. The molecule has 2 aromatic rings. The molecule has 0 aliphatic carbocycles. The SMILES string of the molecule is O=C(NO)c1cc2c(s1)CN(C(=O)c1cc(F)cc(F)c1)CC2. The molecule has 0 fully saturated rings. The van der Waals surface area contributed by atoms with Gasteiger partial charge in [0.2, 0.25) is 0 Å². The molecular formula is C15H12F2N2O3S. The summed E-state index contributed by atoms with van der Waals surface area (Å²) in [6.45, 7) is 0.649. The lowest BCUT2D eigenvalue weighted by Crippen LogP contribution is -2.35. The number of nitrogens with zero attached hydrogens (tertiary/aromatic N) is 1. The van der Waals surface area contributed by atoms with E-state index in [-0.39, 0.29) is 12.1 Å². The van der Waals surface area contributed by atoms with Crippen LogP contribution in [-0.2, 0) is 13.0 Å². The maximum atomic E-state index is 13.2. The van der Waals surface area contributed by atoms with E-state index in [0.29, 0.717) is 23.9 Å². The Morgan fingerprint density at radius 1 is 1.17 bits per heavy atom. The Morgan fingerprint density at radius 3 is 2.52 bits per heavy atom. The summed E-state index contributed by atoms with van der Waals surface area (Å²) < 4.78 is 26.5. The van der Waals surface area contributed by atoms with Gasteiger partial charge in [-0.1, -0.05) is 0 Å². The van der Waals surface area contributed by atoms with Crippen molar-refractivity contribution in [3.8, 4) is 0 Å². The highest BCUT2D eigenvalue weighted by Crippen LogP contribution is 2.29. The minimum atomic E-state index is -0.802.